The van der Waals surface area contributed by atoms with E-state index in [1.807, 2.05) is 0 Å². The third-order valence-electron chi connectivity index (χ3n) is 4.80. The summed E-state index contributed by atoms with van der Waals surface area (Å²) < 4.78 is 29.4. The van der Waals surface area contributed by atoms with Gasteiger partial charge in [-0.1, -0.05) is 18.2 Å². The number of aryl methyl sites for hydroxylation is 1. The normalized spacial score (nSPS) is 11.7. The number of nitrogens with zero attached hydrogens (tertiary/aromatic N) is 4. The van der Waals surface area contributed by atoms with Crippen molar-refractivity contribution in [1.29, 1.82) is 0 Å². The van der Waals surface area contributed by atoms with Crippen molar-refractivity contribution in [3.05, 3.63) is 77.0 Å². The van der Waals surface area contributed by atoms with Crippen molar-refractivity contribution in [3.8, 4) is 0 Å². The number of fused-ring (bicyclic) bond motifs is 1. The van der Waals surface area contributed by atoms with Crippen LogP contribution >= 0.6 is 0 Å². The van der Waals surface area contributed by atoms with E-state index in [-0.39, 0.29) is 40.7 Å². The Labute approximate surface area is 178 Å². The van der Waals surface area contributed by atoms with Gasteiger partial charge in [-0.05, 0) is 30.3 Å². The van der Waals surface area contributed by atoms with Crippen molar-refractivity contribution >= 4 is 26.3 Å². The van der Waals surface area contributed by atoms with E-state index in [9.17, 15) is 18.3 Å². The summed E-state index contributed by atoms with van der Waals surface area (Å²) in [6.45, 7) is 0.137. The number of hydrogen-bond acceptors (Lipinski definition) is 7. The first kappa shape index (κ1) is 20.8. The molecule has 0 atom stereocenters. The fourth-order valence-electron chi connectivity index (χ4n) is 3.30. The van der Waals surface area contributed by atoms with Crippen LogP contribution in [0.1, 0.15) is 5.69 Å². The molecule has 0 unspecified atom stereocenters. The van der Waals surface area contributed by atoms with Gasteiger partial charge in [0.25, 0.3) is 5.56 Å². The number of benzene rings is 2. The fourth-order valence-corrected chi connectivity index (χ4v) is 4.77. The van der Waals surface area contributed by atoms with Gasteiger partial charge in [0.2, 0.25) is 9.84 Å². The van der Waals surface area contributed by atoms with Crippen LogP contribution in [0.3, 0.4) is 0 Å². The highest BCUT2D eigenvalue weighted by molar-refractivity contribution is 7.91. The predicted molar refractivity (Wildman–Crippen MR) is 116 cm³/mol. The lowest BCUT2D eigenvalue weighted by atomic mass is 10.1. The van der Waals surface area contributed by atoms with Gasteiger partial charge in [0.05, 0.1) is 45.9 Å². The highest BCUT2D eigenvalue weighted by Gasteiger charge is 2.23. The van der Waals surface area contributed by atoms with Gasteiger partial charge in [0.1, 0.15) is 0 Å². The van der Waals surface area contributed by atoms with Gasteiger partial charge in [0.15, 0.2) is 0 Å². The Bertz CT molecular complexity index is 1390. The topological polar surface area (TPSA) is 119 Å². The van der Waals surface area contributed by atoms with Crippen LogP contribution in [0, 0.1) is 0 Å². The molecule has 10 heteroatoms. The first-order valence-electron chi connectivity index (χ1n) is 9.57. The van der Waals surface area contributed by atoms with Crippen LogP contribution in [0.25, 0.3) is 10.8 Å². The number of sulfone groups is 1. The molecule has 0 fully saturated rings. The van der Waals surface area contributed by atoms with Crippen molar-refractivity contribution in [1.82, 2.24) is 19.6 Å². The number of nitrogens with one attached hydrogen (secondary N) is 1. The first-order valence-corrected chi connectivity index (χ1v) is 11.1. The Balaban J connectivity index is 1.86. The highest BCUT2D eigenvalue weighted by atomic mass is 32.2. The molecule has 0 amide bonds. The van der Waals surface area contributed by atoms with Crippen molar-refractivity contribution < 1.29 is 13.5 Å². The molecule has 4 rings (SSSR count). The van der Waals surface area contributed by atoms with Crippen LogP contribution in [0.5, 0.6) is 0 Å². The molecule has 2 N–H and O–H groups in total. The van der Waals surface area contributed by atoms with Crippen LogP contribution < -0.4 is 10.9 Å². The van der Waals surface area contributed by atoms with Crippen molar-refractivity contribution in [3.63, 3.8) is 0 Å². The zero-order valence-electron chi connectivity index (χ0n) is 16.8. The monoisotopic (exact) mass is 439 g/mol. The molecule has 9 nitrogen and oxygen atoms in total. The van der Waals surface area contributed by atoms with E-state index in [1.165, 1.54) is 35.1 Å². The summed E-state index contributed by atoms with van der Waals surface area (Å²) in [7, 11) is -2.07. The molecule has 0 aliphatic carbocycles. The third kappa shape index (κ3) is 4.07. The zero-order chi connectivity index (χ0) is 22.0. The second-order valence-electron chi connectivity index (χ2n) is 6.99. The molecule has 0 saturated carbocycles. The Kier molecular flexibility index (Phi) is 5.57. The summed E-state index contributed by atoms with van der Waals surface area (Å²) in [5, 5.41) is 21.3. The molecule has 2 heterocycles. The number of aliphatic hydroxyl groups is 1. The summed E-state index contributed by atoms with van der Waals surface area (Å²) in [5.41, 5.74) is 0.565. The maximum atomic E-state index is 13.2. The number of anilines is 1. The lowest BCUT2D eigenvalue weighted by Crippen LogP contribution is -2.24. The zero-order valence-corrected chi connectivity index (χ0v) is 17.6. The molecule has 0 radical (unpaired) electrons. The second-order valence-corrected chi connectivity index (χ2v) is 8.91. The third-order valence-corrected chi connectivity index (χ3v) is 6.61. The fraction of sp³-hybridized carbons (Fsp3) is 0.190. The molecule has 160 valence electrons. The van der Waals surface area contributed by atoms with Gasteiger partial charge in [0, 0.05) is 25.2 Å². The number of aromatic nitrogens is 4. The number of hydrogen-bond donors (Lipinski definition) is 2. The minimum atomic E-state index is -3.85. The SMILES string of the molecule is Cn1ccc(Cn2ncc3cc(S(=O)(=O)c4ccccc4)c(NCCO)cc3c2=O)n1. The molecular weight excluding hydrogens is 418 g/mol. The standard InChI is InChI=1S/C21H21N5O4S/c1-25-9-7-16(24-25)14-26-21(28)18-12-19(22-8-10-27)20(11-15(18)13-23-26)31(29,30)17-5-3-2-4-6-17/h2-7,9,11-13,22,27H,8,10,14H2,1H3. The van der Waals surface area contributed by atoms with E-state index in [4.69, 9.17) is 0 Å². The van der Waals surface area contributed by atoms with E-state index in [1.54, 1.807) is 42.2 Å². The average molecular weight is 439 g/mol. The molecular formula is C21H21N5O4S. The van der Waals surface area contributed by atoms with Crippen LogP contribution in [0.2, 0.25) is 0 Å². The van der Waals surface area contributed by atoms with Gasteiger partial charge in [-0.3, -0.25) is 9.48 Å². The average Bonchev–Trinajstić information content (AvgIpc) is 3.19. The molecule has 2 aromatic heterocycles. The number of rotatable bonds is 7. The Morgan fingerprint density at radius 3 is 2.58 bits per heavy atom. The maximum absolute atomic E-state index is 13.2. The molecule has 0 spiro atoms. The quantitative estimate of drug-likeness (QED) is 0.447. The van der Waals surface area contributed by atoms with Gasteiger partial charge < -0.3 is 10.4 Å². The maximum Gasteiger partial charge on any atom is 0.275 e. The lowest BCUT2D eigenvalue weighted by molar-refractivity contribution is 0.311. The molecule has 0 bridgehead atoms. The highest BCUT2D eigenvalue weighted by Crippen LogP contribution is 2.30. The van der Waals surface area contributed by atoms with E-state index in [0.29, 0.717) is 16.5 Å². The smallest absolute Gasteiger partial charge is 0.275 e. The first-order chi connectivity index (χ1) is 14.9. The van der Waals surface area contributed by atoms with Gasteiger partial charge >= 0.3 is 0 Å². The predicted octanol–water partition coefficient (Wildman–Crippen LogP) is 1.42. The molecule has 31 heavy (non-hydrogen) atoms. The van der Waals surface area contributed by atoms with Gasteiger partial charge in [-0.2, -0.15) is 10.2 Å². The minimum Gasteiger partial charge on any atom is -0.395 e. The van der Waals surface area contributed by atoms with Gasteiger partial charge in [-0.15, -0.1) is 0 Å². The summed E-state index contributed by atoms with van der Waals surface area (Å²) >= 11 is 0. The minimum absolute atomic E-state index is 0.0170. The van der Waals surface area contributed by atoms with Crippen molar-refractivity contribution in [2.24, 2.45) is 7.05 Å². The molecule has 0 aliphatic heterocycles. The Morgan fingerprint density at radius 2 is 1.90 bits per heavy atom. The molecule has 2 aromatic carbocycles. The Morgan fingerprint density at radius 1 is 1.13 bits per heavy atom. The van der Waals surface area contributed by atoms with E-state index < -0.39 is 9.84 Å². The summed E-state index contributed by atoms with van der Waals surface area (Å²) in [6.07, 6.45) is 3.25. The molecule has 0 aliphatic rings. The summed E-state index contributed by atoms with van der Waals surface area (Å²) in [6, 6.07) is 12.8. The van der Waals surface area contributed by atoms with Gasteiger partial charge in [-0.25, -0.2) is 13.1 Å². The van der Waals surface area contributed by atoms with E-state index >= 15 is 0 Å². The Hall–Kier alpha value is -3.50. The van der Waals surface area contributed by atoms with Crippen LogP contribution in [-0.2, 0) is 23.4 Å². The van der Waals surface area contributed by atoms with Crippen LogP contribution in [-0.4, -0.2) is 46.2 Å². The largest absolute Gasteiger partial charge is 0.395 e. The summed E-state index contributed by atoms with van der Waals surface area (Å²) in [5.74, 6) is 0. The molecule has 4 aromatic rings. The van der Waals surface area contributed by atoms with Crippen molar-refractivity contribution in [2.75, 3.05) is 18.5 Å². The van der Waals surface area contributed by atoms with Crippen LogP contribution in [0.4, 0.5) is 5.69 Å². The van der Waals surface area contributed by atoms with E-state index in [0.717, 1.165) is 0 Å². The molecule has 0 saturated heterocycles. The van der Waals surface area contributed by atoms with Crippen LogP contribution in [0.15, 0.2) is 75.5 Å². The second kappa shape index (κ2) is 8.32. The lowest BCUT2D eigenvalue weighted by Gasteiger charge is -2.14. The number of aliphatic hydroxyl groups excluding tert-OH is 1. The van der Waals surface area contributed by atoms with E-state index in [2.05, 4.69) is 15.5 Å². The summed E-state index contributed by atoms with van der Waals surface area (Å²) in [4.78, 5) is 13.2. The van der Waals surface area contributed by atoms with Crippen molar-refractivity contribution in [2.45, 2.75) is 16.3 Å².